The molecule has 1 fully saturated rings. The van der Waals surface area contributed by atoms with E-state index >= 15 is 0 Å². The van der Waals surface area contributed by atoms with Crippen LogP contribution in [0.4, 0.5) is 10.1 Å². The van der Waals surface area contributed by atoms with Gasteiger partial charge < -0.3 is 10.1 Å². The number of hydrogen-bond acceptors (Lipinski definition) is 3. The number of ether oxygens (including phenoxy) is 1. The van der Waals surface area contributed by atoms with Crippen LogP contribution in [0.1, 0.15) is 28.3 Å². The molecule has 4 nitrogen and oxygen atoms in total. The Morgan fingerprint density at radius 1 is 0.966 bits per heavy atom. The Hall–Kier alpha value is -3.18. The Bertz CT molecular complexity index is 1070. The first-order chi connectivity index (χ1) is 14.0. The summed E-state index contributed by atoms with van der Waals surface area (Å²) < 4.78 is 19.2. The Morgan fingerprint density at radius 3 is 2.38 bits per heavy atom. The summed E-state index contributed by atoms with van der Waals surface area (Å²) in [6, 6.07) is 19.7. The van der Waals surface area contributed by atoms with Crippen molar-refractivity contribution in [2.24, 2.45) is 5.92 Å². The van der Waals surface area contributed by atoms with E-state index in [4.69, 9.17) is 16.3 Å². The van der Waals surface area contributed by atoms with Crippen LogP contribution in [0, 0.1) is 11.7 Å². The lowest BCUT2D eigenvalue weighted by atomic mass is 10.1. The zero-order valence-corrected chi connectivity index (χ0v) is 16.0. The number of halogens is 2. The predicted molar refractivity (Wildman–Crippen MR) is 109 cm³/mol. The highest BCUT2D eigenvalue weighted by Gasteiger charge is 2.46. The summed E-state index contributed by atoms with van der Waals surface area (Å²) in [5.74, 6) is -1.13. The standard InChI is InChI=1S/C23H17ClFNO3/c24-20-7-3-1-6-17(20)22(27)26-14-9-11-15(12-10-14)29-23(28)19-13-18(19)16-5-2-4-8-21(16)25/h1-12,18-19H,13H2,(H,26,27). The Balaban J connectivity index is 1.35. The van der Waals surface area contributed by atoms with E-state index in [0.29, 0.717) is 34.0 Å². The molecular formula is C23H17ClFNO3. The van der Waals surface area contributed by atoms with Crippen molar-refractivity contribution in [3.63, 3.8) is 0 Å². The Labute approximate surface area is 172 Å². The van der Waals surface area contributed by atoms with Gasteiger partial charge in [0.15, 0.2) is 0 Å². The maximum absolute atomic E-state index is 13.8. The van der Waals surface area contributed by atoms with Gasteiger partial charge in [-0.15, -0.1) is 0 Å². The summed E-state index contributed by atoms with van der Waals surface area (Å²) in [6.45, 7) is 0. The van der Waals surface area contributed by atoms with Crippen molar-refractivity contribution in [1.29, 1.82) is 0 Å². The average molecular weight is 410 g/mol. The molecule has 0 radical (unpaired) electrons. The zero-order chi connectivity index (χ0) is 20.4. The molecular weight excluding hydrogens is 393 g/mol. The van der Waals surface area contributed by atoms with Crippen molar-refractivity contribution < 1.29 is 18.7 Å². The number of anilines is 1. The van der Waals surface area contributed by atoms with Gasteiger partial charge in [-0.1, -0.05) is 41.9 Å². The molecule has 2 unspecified atom stereocenters. The molecule has 1 amide bonds. The van der Waals surface area contributed by atoms with Crippen LogP contribution in [0.15, 0.2) is 72.8 Å². The summed E-state index contributed by atoms with van der Waals surface area (Å²) in [6.07, 6.45) is 0.575. The number of benzene rings is 3. The molecule has 0 spiro atoms. The van der Waals surface area contributed by atoms with Gasteiger partial charge in [-0.25, -0.2) is 4.39 Å². The molecule has 29 heavy (non-hydrogen) atoms. The Morgan fingerprint density at radius 2 is 1.66 bits per heavy atom. The number of hydrogen-bond donors (Lipinski definition) is 1. The van der Waals surface area contributed by atoms with Gasteiger partial charge in [-0.2, -0.15) is 0 Å². The van der Waals surface area contributed by atoms with E-state index in [1.807, 2.05) is 0 Å². The summed E-state index contributed by atoms with van der Waals surface area (Å²) in [5, 5.41) is 3.11. The lowest BCUT2D eigenvalue weighted by Crippen LogP contribution is -2.13. The third kappa shape index (κ3) is 4.30. The van der Waals surface area contributed by atoms with Crippen molar-refractivity contribution >= 4 is 29.2 Å². The highest BCUT2D eigenvalue weighted by Crippen LogP contribution is 2.48. The predicted octanol–water partition coefficient (Wildman–Crippen LogP) is 5.44. The average Bonchev–Trinajstić information content (AvgIpc) is 3.51. The first kappa shape index (κ1) is 19.2. The van der Waals surface area contributed by atoms with Crippen LogP contribution < -0.4 is 10.1 Å². The molecule has 1 N–H and O–H groups in total. The van der Waals surface area contributed by atoms with Crippen molar-refractivity contribution in [2.45, 2.75) is 12.3 Å². The minimum absolute atomic E-state index is 0.141. The van der Waals surface area contributed by atoms with E-state index < -0.39 is 0 Å². The first-order valence-corrected chi connectivity index (χ1v) is 9.53. The highest BCUT2D eigenvalue weighted by atomic mass is 35.5. The van der Waals surface area contributed by atoms with E-state index in [-0.39, 0.29) is 29.5 Å². The first-order valence-electron chi connectivity index (χ1n) is 9.15. The van der Waals surface area contributed by atoms with Crippen molar-refractivity contribution in [2.75, 3.05) is 5.32 Å². The molecule has 4 rings (SSSR count). The number of nitrogens with one attached hydrogen (secondary N) is 1. The van der Waals surface area contributed by atoms with Gasteiger partial charge >= 0.3 is 5.97 Å². The second kappa shape index (κ2) is 8.05. The van der Waals surface area contributed by atoms with Crippen LogP contribution >= 0.6 is 11.6 Å². The molecule has 146 valence electrons. The minimum atomic E-state index is -0.383. The lowest BCUT2D eigenvalue weighted by molar-refractivity contribution is -0.135. The van der Waals surface area contributed by atoms with Crippen LogP contribution in [-0.2, 0) is 4.79 Å². The van der Waals surface area contributed by atoms with Gasteiger partial charge in [0.25, 0.3) is 5.91 Å². The molecule has 1 aliphatic rings. The maximum Gasteiger partial charge on any atom is 0.314 e. The van der Waals surface area contributed by atoms with E-state index in [0.717, 1.165) is 0 Å². The maximum atomic E-state index is 13.8. The second-order valence-corrected chi connectivity index (χ2v) is 7.26. The van der Waals surface area contributed by atoms with E-state index in [9.17, 15) is 14.0 Å². The highest BCUT2D eigenvalue weighted by molar-refractivity contribution is 6.34. The lowest BCUT2D eigenvalue weighted by Gasteiger charge is -2.08. The van der Waals surface area contributed by atoms with Gasteiger partial charge in [-0.05, 0) is 54.4 Å². The van der Waals surface area contributed by atoms with E-state index in [2.05, 4.69) is 5.32 Å². The number of carbonyl (C=O) groups is 2. The van der Waals surface area contributed by atoms with Gasteiger partial charge in [0.2, 0.25) is 0 Å². The molecule has 6 heteroatoms. The fourth-order valence-corrected chi connectivity index (χ4v) is 3.44. The fraction of sp³-hybridized carbons (Fsp3) is 0.130. The largest absolute Gasteiger partial charge is 0.426 e. The van der Waals surface area contributed by atoms with E-state index in [1.54, 1.807) is 66.7 Å². The molecule has 3 aromatic rings. The number of rotatable bonds is 5. The normalized spacial score (nSPS) is 17.4. The van der Waals surface area contributed by atoms with Crippen LogP contribution in [0.5, 0.6) is 5.75 Å². The van der Waals surface area contributed by atoms with Crippen molar-refractivity contribution in [3.8, 4) is 5.75 Å². The Kier molecular flexibility index (Phi) is 5.32. The molecule has 0 aromatic heterocycles. The second-order valence-electron chi connectivity index (χ2n) is 6.85. The van der Waals surface area contributed by atoms with Crippen molar-refractivity contribution in [1.82, 2.24) is 0 Å². The topological polar surface area (TPSA) is 55.4 Å². The summed E-state index contributed by atoms with van der Waals surface area (Å²) in [7, 11) is 0. The number of amides is 1. The van der Waals surface area contributed by atoms with Crippen LogP contribution in [0.25, 0.3) is 0 Å². The summed E-state index contributed by atoms with van der Waals surface area (Å²) in [5.41, 5.74) is 1.47. The van der Waals surface area contributed by atoms with Gasteiger partial charge in [0, 0.05) is 11.6 Å². The van der Waals surface area contributed by atoms with Gasteiger partial charge in [-0.3, -0.25) is 9.59 Å². The zero-order valence-electron chi connectivity index (χ0n) is 15.3. The number of carbonyl (C=O) groups excluding carboxylic acids is 2. The monoisotopic (exact) mass is 409 g/mol. The number of esters is 1. The third-order valence-corrected chi connectivity index (χ3v) is 5.18. The van der Waals surface area contributed by atoms with Gasteiger partial charge in [0.1, 0.15) is 11.6 Å². The van der Waals surface area contributed by atoms with E-state index in [1.165, 1.54) is 6.07 Å². The summed E-state index contributed by atoms with van der Waals surface area (Å²) in [4.78, 5) is 24.6. The fourth-order valence-electron chi connectivity index (χ4n) is 3.22. The molecule has 0 bridgehead atoms. The van der Waals surface area contributed by atoms with Crippen LogP contribution in [0.2, 0.25) is 5.02 Å². The molecule has 2 atom stereocenters. The van der Waals surface area contributed by atoms with Crippen molar-refractivity contribution in [3.05, 3.63) is 94.8 Å². The molecule has 0 saturated heterocycles. The smallest absolute Gasteiger partial charge is 0.314 e. The molecule has 0 aliphatic heterocycles. The minimum Gasteiger partial charge on any atom is -0.426 e. The molecule has 1 saturated carbocycles. The van der Waals surface area contributed by atoms with Crippen LogP contribution in [-0.4, -0.2) is 11.9 Å². The molecule has 0 heterocycles. The van der Waals surface area contributed by atoms with Crippen LogP contribution in [0.3, 0.4) is 0 Å². The molecule has 1 aliphatic carbocycles. The van der Waals surface area contributed by atoms with Gasteiger partial charge in [0.05, 0.1) is 16.5 Å². The quantitative estimate of drug-likeness (QED) is 0.451. The summed E-state index contributed by atoms with van der Waals surface area (Å²) >= 11 is 6.03. The molecule has 3 aromatic carbocycles. The SMILES string of the molecule is O=C(Nc1ccc(OC(=O)C2CC2c2ccccc2F)cc1)c1ccccc1Cl. The third-order valence-electron chi connectivity index (χ3n) is 4.85.